The summed E-state index contributed by atoms with van der Waals surface area (Å²) in [5.74, 6) is 0.173. The Morgan fingerprint density at radius 3 is 2.50 bits per heavy atom. The lowest BCUT2D eigenvalue weighted by atomic mass is 9.89. The third kappa shape index (κ3) is 1.28. The first-order chi connectivity index (χ1) is 7.75. The van der Waals surface area contributed by atoms with Crippen molar-refractivity contribution in [1.82, 2.24) is 0 Å². The first-order valence-electron chi connectivity index (χ1n) is 5.49. The molecule has 3 rings (SSSR count). The van der Waals surface area contributed by atoms with E-state index >= 15 is 0 Å². The molecule has 0 fully saturated rings. The molecule has 0 bridgehead atoms. The molecule has 0 unspecified atom stereocenters. The highest BCUT2D eigenvalue weighted by Gasteiger charge is 2.17. The third-order valence-electron chi connectivity index (χ3n) is 3.20. The van der Waals surface area contributed by atoms with Crippen molar-refractivity contribution in [3.63, 3.8) is 0 Å². The van der Waals surface area contributed by atoms with Crippen LogP contribution >= 0.6 is 0 Å². The van der Waals surface area contributed by atoms with Crippen molar-refractivity contribution in [3.05, 3.63) is 59.2 Å². The quantitative estimate of drug-likeness (QED) is 0.647. The van der Waals surface area contributed by atoms with Crippen molar-refractivity contribution >= 4 is 16.6 Å². The van der Waals surface area contributed by atoms with Crippen LogP contribution in [0.25, 0.3) is 10.8 Å². The number of Topliss-reactive ketones (excluding diaryl/α,β-unsaturated/α-hetero) is 1. The predicted octanol–water partition coefficient (Wildman–Crippen LogP) is 3.52. The number of carbonyl (C=O) groups is 1. The lowest BCUT2D eigenvalue weighted by molar-refractivity contribution is 0.103. The van der Waals surface area contributed by atoms with Crippen LogP contribution in [0.5, 0.6) is 0 Å². The van der Waals surface area contributed by atoms with Crippen LogP contribution in [-0.2, 0) is 6.42 Å². The standard InChI is InChI=1S/C15H12O/c1-10-6-7-13-8-11-4-2-3-5-12(11)9-14(13)15(10)16/h2-6,8-9H,7H2,1H3. The van der Waals surface area contributed by atoms with Crippen LogP contribution in [0, 0.1) is 0 Å². The molecule has 0 N–H and O–H groups in total. The first-order valence-corrected chi connectivity index (χ1v) is 5.49. The summed E-state index contributed by atoms with van der Waals surface area (Å²) in [7, 11) is 0. The minimum Gasteiger partial charge on any atom is -0.289 e. The number of benzene rings is 2. The smallest absolute Gasteiger partial charge is 0.188 e. The molecule has 0 spiro atoms. The molecule has 1 aliphatic carbocycles. The highest BCUT2D eigenvalue weighted by molar-refractivity contribution is 6.12. The van der Waals surface area contributed by atoms with Crippen LogP contribution in [0.3, 0.4) is 0 Å². The summed E-state index contributed by atoms with van der Waals surface area (Å²) in [6, 6.07) is 12.3. The van der Waals surface area contributed by atoms with E-state index in [0.717, 1.165) is 28.5 Å². The van der Waals surface area contributed by atoms with E-state index in [0.29, 0.717) is 0 Å². The summed E-state index contributed by atoms with van der Waals surface area (Å²) in [5.41, 5.74) is 2.88. The minimum absolute atomic E-state index is 0.173. The molecule has 0 saturated heterocycles. The summed E-state index contributed by atoms with van der Waals surface area (Å²) in [6.07, 6.45) is 2.89. The predicted molar refractivity (Wildman–Crippen MR) is 65.7 cm³/mol. The maximum Gasteiger partial charge on any atom is 0.188 e. The van der Waals surface area contributed by atoms with E-state index in [-0.39, 0.29) is 5.78 Å². The van der Waals surface area contributed by atoms with Gasteiger partial charge in [-0.05, 0) is 41.3 Å². The van der Waals surface area contributed by atoms with Gasteiger partial charge in [0.15, 0.2) is 5.78 Å². The van der Waals surface area contributed by atoms with Gasteiger partial charge in [-0.1, -0.05) is 36.4 Å². The average molecular weight is 208 g/mol. The maximum atomic E-state index is 12.0. The van der Waals surface area contributed by atoms with Crippen molar-refractivity contribution in [3.8, 4) is 0 Å². The Labute approximate surface area is 94.4 Å². The van der Waals surface area contributed by atoms with Crippen molar-refractivity contribution in [1.29, 1.82) is 0 Å². The Hall–Kier alpha value is -1.89. The molecule has 78 valence electrons. The van der Waals surface area contributed by atoms with Gasteiger partial charge in [-0.2, -0.15) is 0 Å². The molecule has 2 aromatic carbocycles. The molecule has 0 aliphatic heterocycles. The van der Waals surface area contributed by atoms with E-state index in [4.69, 9.17) is 0 Å². The van der Waals surface area contributed by atoms with Crippen molar-refractivity contribution in [2.75, 3.05) is 0 Å². The van der Waals surface area contributed by atoms with Gasteiger partial charge in [-0.15, -0.1) is 0 Å². The summed E-state index contributed by atoms with van der Waals surface area (Å²) >= 11 is 0. The number of hydrogen-bond donors (Lipinski definition) is 0. The molecule has 0 amide bonds. The first kappa shape index (κ1) is 9.34. The van der Waals surface area contributed by atoms with E-state index in [2.05, 4.69) is 18.2 Å². The summed E-state index contributed by atoms with van der Waals surface area (Å²) < 4.78 is 0. The number of ketones is 1. The number of carbonyl (C=O) groups excluding carboxylic acids is 1. The Morgan fingerprint density at radius 1 is 1.06 bits per heavy atom. The van der Waals surface area contributed by atoms with E-state index in [9.17, 15) is 4.79 Å². The van der Waals surface area contributed by atoms with Crippen molar-refractivity contribution < 1.29 is 4.79 Å². The zero-order chi connectivity index (χ0) is 11.1. The second-order valence-electron chi connectivity index (χ2n) is 4.28. The molecule has 0 saturated carbocycles. The van der Waals surface area contributed by atoms with Gasteiger partial charge < -0.3 is 0 Å². The molecule has 2 aromatic rings. The minimum atomic E-state index is 0.173. The van der Waals surface area contributed by atoms with Crippen molar-refractivity contribution in [2.45, 2.75) is 13.3 Å². The van der Waals surface area contributed by atoms with Gasteiger partial charge >= 0.3 is 0 Å². The number of hydrogen-bond acceptors (Lipinski definition) is 1. The number of allylic oxidation sites excluding steroid dienone is 2. The lowest BCUT2D eigenvalue weighted by Crippen LogP contribution is -2.10. The van der Waals surface area contributed by atoms with Crippen LogP contribution < -0.4 is 0 Å². The SMILES string of the molecule is CC1=CCc2cc3ccccc3cc2C1=O. The third-order valence-corrected chi connectivity index (χ3v) is 3.20. The summed E-state index contributed by atoms with van der Waals surface area (Å²) in [4.78, 5) is 12.0. The Bertz CT molecular complexity index is 620. The summed E-state index contributed by atoms with van der Waals surface area (Å²) in [5, 5.41) is 2.35. The molecule has 0 heterocycles. The highest BCUT2D eigenvalue weighted by atomic mass is 16.1. The van der Waals surface area contributed by atoms with Crippen LogP contribution in [0.4, 0.5) is 0 Å². The van der Waals surface area contributed by atoms with Gasteiger partial charge in [0.1, 0.15) is 0 Å². The molecule has 1 heteroatoms. The Morgan fingerprint density at radius 2 is 1.75 bits per heavy atom. The fourth-order valence-corrected chi connectivity index (χ4v) is 2.24. The lowest BCUT2D eigenvalue weighted by Gasteiger charge is -2.14. The van der Waals surface area contributed by atoms with Crippen LogP contribution in [0.1, 0.15) is 22.8 Å². The average Bonchev–Trinajstić information content (AvgIpc) is 2.32. The highest BCUT2D eigenvalue weighted by Crippen LogP contribution is 2.26. The molecule has 0 aromatic heterocycles. The van der Waals surface area contributed by atoms with Gasteiger partial charge in [0.25, 0.3) is 0 Å². The zero-order valence-electron chi connectivity index (χ0n) is 9.16. The zero-order valence-corrected chi connectivity index (χ0v) is 9.16. The molecule has 1 aliphatic rings. The van der Waals surface area contributed by atoms with E-state index in [1.54, 1.807) is 0 Å². The molecule has 0 atom stereocenters. The molecule has 1 nitrogen and oxygen atoms in total. The Kier molecular flexibility index (Phi) is 1.93. The van der Waals surface area contributed by atoms with Crippen molar-refractivity contribution in [2.24, 2.45) is 0 Å². The van der Waals surface area contributed by atoms with E-state index in [1.165, 1.54) is 5.39 Å². The van der Waals surface area contributed by atoms with Gasteiger partial charge in [-0.3, -0.25) is 4.79 Å². The summed E-state index contributed by atoms with van der Waals surface area (Å²) in [6.45, 7) is 1.89. The fraction of sp³-hybridized carbons (Fsp3) is 0.133. The largest absolute Gasteiger partial charge is 0.289 e. The molecular formula is C15H12O. The molecule has 0 radical (unpaired) electrons. The molecular weight excluding hydrogens is 196 g/mol. The topological polar surface area (TPSA) is 17.1 Å². The fourth-order valence-electron chi connectivity index (χ4n) is 2.24. The van der Waals surface area contributed by atoms with Crippen LogP contribution in [-0.4, -0.2) is 5.78 Å². The number of rotatable bonds is 0. The molecule has 16 heavy (non-hydrogen) atoms. The van der Waals surface area contributed by atoms with Gasteiger partial charge in [0.2, 0.25) is 0 Å². The monoisotopic (exact) mass is 208 g/mol. The van der Waals surface area contributed by atoms with Crippen LogP contribution in [0.15, 0.2) is 48.0 Å². The van der Waals surface area contributed by atoms with E-state index < -0.39 is 0 Å². The number of fused-ring (bicyclic) bond motifs is 2. The Balaban J connectivity index is 2.31. The van der Waals surface area contributed by atoms with Gasteiger partial charge in [0.05, 0.1) is 0 Å². The normalized spacial score (nSPS) is 14.8. The second-order valence-corrected chi connectivity index (χ2v) is 4.28. The maximum absolute atomic E-state index is 12.0. The van der Waals surface area contributed by atoms with E-state index in [1.807, 2.05) is 31.2 Å². The van der Waals surface area contributed by atoms with Crippen LogP contribution in [0.2, 0.25) is 0 Å². The second kappa shape index (κ2) is 3.31. The van der Waals surface area contributed by atoms with Gasteiger partial charge in [-0.25, -0.2) is 0 Å². The van der Waals surface area contributed by atoms with Gasteiger partial charge in [0, 0.05) is 5.56 Å².